The summed E-state index contributed by atoms with van der Waals surface area (Å²) in [6, 6.07) is 6.51. The number of hydrogen-bond donors (Lipinski definition) is 2. The van der Waals surface area contributed by atoms with E-state index in [1.165, 1.54) is 17.4 Å². The number of aryl methyl sites for hydroxylation is 1. The van der Waals surface area contributed by atoms with Crippen LogP contribution in [0.25, 0.3) is 0 Å². The lowest BCUT2D eigenvalue weighted by molar-refractivity contribution is 0.313. The molecular weight excluding hydrogens is 288 g/mol. The number of sulfonamides is 1. The Morgan fingerprint density at radius 3 is 2.90 bits per heavy atom. The SMILES string of the molecule is Cc1cccc2c1OCCCC2NCCCNS(C)(=O)=O. The molecule has 1 heterocycles. The van der Waals surface area contributed by atoms with Crippen molar-refractivity contribution in [2.24, 2.45) is 0 Å². The molecule has 0 amide bonds. The summed E-state index contributed by atoms with van der Waals surface area (Å²) in [4.78, 5) is 0. The minimum atomic E-state index is -3.09. The summed E-state index contributed by atoms with van der Waals surface area (Å²) in [6.07, 6.45) is 4.01. The van der Waals surface area contributed by atoms with Gasteiger partial charge >= 0.3 is 0 Å². The molecule has 1 atom stereocenters. The third kappa shape index (κ3) is 4.98. The molecule has 1 aliphatic heterocycles. The first-order valence-electron chi connectivity index (χ1n) is 7.38. The Morgan fingerprint density at radius 1 is 1.33 bits per heavy atom. The fourth-order valence-electron chi connectivity index (χ4n) is 2.60. The van der Waals surface area contributed by atoms with Gasteiger partial charge in [0.05, 0.1) is 12.9 Å². The van der Waals surface area contributed by atoms with Gasteiger partial charge in [-0.05, 0) is 38.3 Å². The molecule has 21 heavy (non-hydrogen) atoms. The number of hydrogen-bond acceptors (Lipinski definition) is 4. The van der Waals surface area contributed by atoms with Crippen molar-refractivity contribution in [2.75, 3.05) is 26.0 Å². The fourth-order valence-corrected chi connectivity index (χ4v) is 3.11. The van der Waals surface area contributed by atoms with Gasteiger partial charge in [0.2, 0.25) is 10.0 Å². The third-order valence-electron chi connectivity index (χ3n) is 3.61. The molecule has 6 heteroatoms. The first-order chi connectivity index (χ1) is 9.97. The van der Waals surface area contributed by atoms with Crippen molar-refractivity contribution >= 4 is 10.0 Å². The Hall–Kier alpha value is -1.11. The van der Waals surface area contributed by atoms with Gasteiger partial charge in [-0.15, -0.1) is 0 Å². The average Bonchev–Trinajstić information content (AvgIpc) is 2.61. The van der Waals surface area contributed by atoms with E-state index in [0.717, 1.165) is 38.2 Å². The minimum absolute atomic E-state index is 0.278. The number of benzene rings is 1. The molecule has 5 nitrogen and oxygen atoms in total. The standard InChI is InChI=1S/C15H24N2O3S/c1-12-6-3-7-13-14(8-4-11-20-15(12)13)16-9-5-10-17-21(2,18)19/h3,6-7,14,16-17H,4-5,8-11H2,1-2H3. The molecule has 0 fully saturated rings. The molecule has 2 N–H and O–H groups in total. The topological polar surface area (TPSA) is 67.4 Å². The molecule has 1 aromatic rings. The summed E-state index contributed by atoms with van der Waals surface area (Å²) < 4.78 is 30.3. The first-order valence-corrected chi connectivity index (χ1v) is 9.27. The maximum Gasteiger partial charge on any atom is 0.208 e. The minimum Gasteiger partial charge on any atom is -0.493 e. The summed E-state index contributed by atoms with van der Waals surface area (Å²) >= 11 is 0. The van der Waals surface area contributed by atoms with Crippen LogP contribution in [0.4, 0.5) is 0 Å². The van der Waals surface area contributed by atoms with Gasteiger partial charge in [0.1, 0.15) is 5.75 Å². The maximum atomic E-state index is 11.0. The van der Waals surface area contributed by atoms with Crippen molar-refractivity contribution in [1.82, 2.24) is 10.0 Å². The molecule has 0 saturated heterocycles. The summed E-state index contributed by atoms with van der Waals surface area (Å²) in [5, 5.41) is 3.52. The van der Waals surface area contributed by atoms with E-state index in [4.69, 9.17) is 4.74 Å². The quantitative estimate of drug-likeness (QED) is 0.785. The van der Waals surface area contributed by atoms with Crippen LogP contribution in [0.2, 0.25) is 0 Å². The lowest BCUT2D eigenvalue weighted by atomic mass is 10.00. The molecule has 0 saturated carbocycles. The van der Waals surface area contributed by atoms with Crippen LogP contribution in [-0.2, 0) is 10.0 Å². The van der Waals surface area contributed by atoms with E-state index in [-0.39, 0.29) is 6.04 Å². The van der Waals surface area contributed by atoms with Crippen LogP contribution in [0.15, 0.2) is 18.2 Å². The van der Waals surface area contributed by atoms with Gasteiger partial charge in [-0.25, -0.2) is 13.1 Å². The third-order valence-corrected chi connectivity index (χ3v) is 4.34. The molecule has 0 bridgehead atoms. The Balaban J connectivity index is 1.90. The summed E-state index contributed by atoms with van der Waals surface area (Å²) in [5.74, 6) is 1.00. The van der Waals surface area contributed by atoms with Crippen molar-refractivity contribution < 1.29 is 13.2 Å². The second kappa shape index (κ2) is 7.24. The zero-order chi connectivity index (χ0) is 15.3. The number of nitrogens with one attached hydrogen (secondary N) is 2. The van der Waals surface area contributed by atoms with E-state index in [9.17, 15) is 8.42 Å². The van der Waals surface area contributed by atoms with Crippen LogP contribution in [0, 0.1) is 6.92 Å². The molecule has 1 unspecified atom stereocenters. The number of fused-ring (bicyclic) bond motifs is 1. The van der Waals surface area contributed by atoms with Crippen molar-refractivity contribution in [3.8, 4) is 5.75 Å². The predicted molar refractivity (Wildman–Crippen MR) is 84.1 cm³/mol. The molecule has 118 valence electrons. The average molecular weight is 312 g/mol. The number of para-hydroxylation sites is 1. The molecule has 0 radical (unpaired) electrons. The largest absolute Gasteiger partial charge is 0.493 e. The molecule has 0 spiro atoms. The van der Waals surface area contributed by atoms with Crippen molar-refractivity contribution in [3.63, 3.8) is 0 Å². The molecule has 1 aliphatic rings. The second-order valence-corrected chi connectivity index (χ2v) is 7.34. The van der Waals surface area contributed by atoms with Gasteiger partial charge in [-0.2, -0.15) is 0 Å². The van der Waals surface area contributed by atoms with E-state index >= 15 is 0 Å². The summed E-state index contributed by atoms with van der Waals surface area (Å²) in [7, 11) is -3.09. The van der Waals surface area contributed by atoms with Crippen LogP contribution < -0.4 is 14.8 Å². The molecule has 0 aromatic heterocycles. The summed E-state index contributed by atoms with van der Waals surface area (Å²) in [5.41, 5.74) is 2.38. The highest BCUT2D eigenvalue weighted by Gasteiger charge is 2.20. The van der Waals surface area contributed by atoms with E-state index in [2.05, 4.69) is 35.2 Å². The van der Waals surface area contributed by atoms with Gasteiger partial charge in [0, 0.05) is 18.2 Å². The maximum absolute atomic E-state index is 11.0. The number of ether oxygens (including phenoxy) is 1. The second-order valence-electron chi connectivity index (χ2n) is 5.51. The van der Waals surface area contributed by atoms with Crippen molar-refractivity contribution in [1.29, 1.82) is 0 Å². The normalized spacial score (nSPS) is 18.7. The zero-order valence-corrected chi connectivity index (χ0v) is 13.5. The molecule has 0 aliphatic carbocycles. The highest BCUT2D eigenvalue weighted by atomic mass is 32.2. The van der Waals surface area contributed by atoms with Crippen LogP contribution in [0.5, 0.6) is 5.75 Å². The monoisotopic (exact) mass is 312 g/mol. The van der Waals surface area contributed by atoms with E-state index in [0.29, 0.717) is 6.54 Å². The Morgan fingerprint density at radius 2 is 2.14 bits per heavy atom. The van der Waals surface area contributed by atoms with E-state index < -0.39 is 10.0 Å². The first kappa shape index (κ1) is 16.3. The fraction of sp³-hybridized carbons (Fsp3) is 0.600. The van der Waals surface area contributed by atoms with E-state index in [1.54, 1.807) is 0 Å². The molecular formula is C15H24N2O3S. The highest BCUT2D eigenvalue weighted by Crippen LogP contribution is 2.33. The van der Waals surface area contributed by atoms with E-state index in [1.807, 2.05) is 0 Å². The van der Waals surface area contributed by atoms with Crippen LogP contribution >= 0.6 is 0 Å². The van der Waals surface area contributed by atoms with Gasteiger partial charge in [-0.1, -0.05) is 18.2 Å². The Kier molecular flexibility index (Phi) is 5.61. The lowest BCUT2D eigenvalue weighted by Gasteiger charge is -2.19. The Labute approximate surface area is 127 Å². The van der Waals surface area contributed by atoms with Gasteiger partial charge in [-0.3, -0.25) is 0 Å². The zero-order valence-electron chi connectivity index (χ0n) is 12.7. The van der Waals surface area contributed by atoms with Crippen molar-refractivity contribution in [2.45, 2.75) is 32.2 Å². The van der Waals surface area contributed by atoms with Crippen LogP contribution in [0.1, 0.15) is 36.4 Å². The number of rotatable bonds is 6. The highest BCUT2D eigenvalue weighted by molar-refractivity contribution is 7.88. The van der Waals surface area contributed by atoms with Gasteiger partial charge in [0.15, 0.2) is 0 Å². The predicted octanol–water partition coefficient (Wildman–Crippen LogP) is 1.74. The van der Waals surface area contributed by atoms with Gasteiger partial charge in [0.25, 0.3) is 0 Å². The Bertz CT molecular complexity index is 572. The van der Waals surface area contributed by atoms with Gasteiger partial charge < -0.3 is 10.1 Å². The molecule has 2 rings (SSSR count). The molecule has 1 aromatic carbocycles. The van der Waals surface area contributed by atoms with Crippen LogP contribution in [-0.4, -0.2) is 34.4 Å². The smallest absolute Gasteiger partial charge is 0.208 e. The summed E-state index contributed by atoms with van der Waals surface area (Å²) in [6.45, 7) is 4.07. The van der Waals surface area contributed by atoms with Crippen LogP contribution in [0.3, 0.4) is 0 Å². The van der Waals surface area contributed by atoms with Crippen molar-refractivity contribution in [3.05, 3.63) is 29.3 Å². The lowest BCUT2D eigenvalue weighted by Crippen LogP contribution is -2.28.